The Morgan fingerprint density at radius 1 is 1.12 bits per heavy atom. The van der Waals surface area contributed by atoms with Gasteiger partial charge in [-0.05, 0) is 36.4 Å². The Kier molecular flexibility index (Phi) is 3.64. The van der Waals surface area contributed by atoms with Crippen molar-refractivity contribution in [1.82, 2.24) is 0 Å². The smallest absolute Gasteiger partial charge is 0.123 e. The number of phenolic OH excluding ortho intramolecular Hbond substituents is 1. The summed E-state index contributed by atoms with van der Waals surface area (Å²) < 4.78 is 18.9. The van der Waals surface area contributed by atoms with E-state index in [4.69, 9.17) is 4.74 Å². The molecule has 2 aromatic carbocycles. The zero-order valence-electron chi connectivity index (χ0n) is 8.86. The van der Waals surface area contributed by atoms with Crippen LogP contribution in [0, 0.1) is 5.82 Å². The van der Waals surface area contributed by atoms with Crippen molar-refractivity contribution in [2.24, 2.45) is 0 Å². The lowest BCUT2D eigenvalue weighted by Gasteiger charge is -2.08. The fourth-order valence-corrected chi connectivity index (χ4v) is 1.83. The van der Waals surface area contributed by atoms with Crippen molar-refractivity contribution < 1.29 is 14.2 Å². The highest BCUT2D eigenvalue weighted by Gasteiger charge is 2.02. The molecule has 0 saturated heterocycles. The number of benzene rings is 2. The minimum Gasteiger partial charge on any atom is -0.508 e. The Hall–Kier alpha value is -1.55. The van der Waals surface area contributed by atoms with Gasteiger partial charge >= 0.3 is 0 Å². The van der Waals surface area contributed by atoms with Gasteiger partial charge in [-0.3, -0.25) is 0 Å². The van der Waals surface area contributed by atoms with Crippen molar-refractivity contribution in [3.8, 4) is 11.5 Å². The predicted molar refractivity (Wildman–Crippen MR) is 66.5 cm³/mol. The highest BCUT2D eigenvalue weighted by molar-refractivity contribution is 9.10. The van der Waals surface area contributed by atoms with E-state index < -0.39 is 0 Å². The van der Waals surface area contributed by atoms with E-state index in [1.54, 1.807) is 30.3 Å². The van der Waals surface area contributed by atoms with Crippen LogP contribution < -0.4 is 4.74 Å². The molecule has 0 fully saturated rings. The molecule has 1 N–H and O–H groups in total. The van der Waals surface area contributed by atoms with E-state index in [2.05, 4.69) is 15.9 Å². The molecule has 0 aromatic heterocycles. The van der Waals surface area contributed by atoms with Crippen LogP contribution in [-0.2, 0) is 6.61 Å². The number of phenols is 1. The molecule has 2 nitrogen and oxygen atoms in total. The van der Waals surface area contributed by atoms with Gasteiger partial charge < -0.3 is 9.84 Å². The van der Waals surface area contributed by atoms with Crippen LogP contribution in [0.1, 0.15) is 5.56 Å². The first-order valence-corrected chi connectivity index (χ1v) is 5.80. The van der Waals surface area contributed by atoms with E-state index in [0.717, 1.165) is 10.0 Å². The van der Waals surface area contributed by atoms with Gasteiger partial charge in [0, 0.05) is 10.0 Å². The maximum Gasteiger partial charge on any atom is 0.123 e. The summed E-state index contributed by atoms with van der Waals surface area (Å²) in [5, 5.41) is 9.24. The summed E-state index contributed by atoms with van der Waals surface area (Å²) in [5.41, 5.74) is 0.909. The van der Waals surface area contributed by atoms with Crippen LogP contribution in [0.3, 0.4) is 0 Å². The van der Waals surface area contributed by atoms with Crippen molar-refractivity contribution in [1.29, 1.82) is 0 Å². The maximum absolute atomic E-state index is 12.7. The Morgan fingerprint density at radius 2 is 1.82 bits per heavy atom. The van der Waals surface area contributed by atoms with E-state index in [-0.39, 0.29) is 11.6 Å². The molecule has 0 spiro atoms. The maximum atomic E-state index is 12.7. The van der Waals surface area contributed by atoms with Crippen molar-refractivity contribution in [3.05, 3.63) is 58.3 Å². The van der Waals surface area contributed by atoms with Crippen LogP contribution in [0.15, 0.2) is 46.9 Å². The van der Waals surface area contributed by atoms with E-state index in [1.807, 2.05) is 0 Å². The molecule has 0 radical (unpaired) electrons. The normalized spacial score (nSPS) is 10.2. The Balaban J connectivity index is 2.04. The quantitative estimate of drug-likeness (QED) is 0.931. The molecule has 0 aliphatic rings. The van der Waals surface area contributed by atoms with Crippen molar-refractivity contribution in [3.63, 3.8) is 0 Å². The highest BCUT2D eigenvalue weighted by Crippen LogP contribution is 2.23. The molecule has 0 amide bonds. The van der Waals surface area contributed by atoms with Gasteiger partial charge in [-0.15, -0.1) is 0 Å². The number of aromatic hydroxyl groups is 1. The molecule has 0 aliphatic carbocycles. The monoisotopic (exact) mass is 296 g/mol. The van der Waals surface area contributed by atoms with E-state index in [0.29, 0.717) is 12.4 Å². The average Bonchev–Trinajstić information content (AvgIpc) is 2.30. The highest BCUT2D eigenvalue weighted by atomic mass is 79.9. The summed E-state index contributed by atoms with van der Waals surface area (Å²) >= 11 is 3.33. The molecule has 0 atom stereocenters. The molecular weight excluding hydrogens is 287 g/mol. The summed E-state index contributed by atoms with van der Waals surface area (Å²) in [6, 6.07) is 10.8. The number of ether oxygens (including phenoxy) is 1. The fraction of sp³-hybridized carbons (Fsp3) is 0.0769. The lowest BCUT2D eigenvalue weighted by atomic mass is 10.2. The fourth-order valence-electron chi connectivity index (χ4n) is 1.35. The molecule has 0 heterocycles. The van der Waals surface area contributed by atoms with Gasteiger partial charge in [-0.1, -0.05) is 22.0 Å². The van der Waals surface area contributed by atoms with Gasteiger partial charge in [-0.2, -0.15) is 0 Å². The molecular formula is C13H10BrFO2. The summed E-state index contributed by atoms with van der Waals surface area (Å²) in [6.07, 6.45) is 0. The first kappa shape index (κ1) is 11.9. The Morgan fingerprint density at radius 3 is 2.47 bits per heavy atom. The largest absolute Gasteiger partial charge is 0.508 e. The molecule has 0 unspecified atom stereocenters. The first-order chi connectivity index (χ1) is 8.15. The van der Waals surface area contributed by atoms with Gasteiger partial charge in [0.25, 0.3) is 0 Å². The van der Waals surface area contributed by atoms with Crippen LogP contribution in [0.2, 0.25) is 0 Å². The second-order valence-electron chi connectivity index (χ2n) is 3.52. The zero-order valence-corrected chi connectivity index (χ0v) is 10.4. The van der Waals surface area contributed by atoms with Gasteiger partial charge in [0.1, 0.15) is 23.9 Å². The van der Waals surface area contributed by atoms with E-state index in [9.17, 15) is 9.50 Å². The van der Waals surface area contributed by atoms with Gasteiger partial charge in [0.2, 0.25) is 0 Å². The minimum atomic E-state index is -0.289. The Bertz CT molecular complexity index is 511. The molecule has 2 aromatic rings. The lowest BCUT2D eigenvalue weighted by Crippen LogP contribution is -1.96. The second kappa shape index (κ2) is 5.19. The number of halogens is 2. The van der Waals surface area contributed by atoms with Crippen LogP contribution in [0.4, 0.5) is 4.39 Å². The Labute approximate surface area is 107 Å². The van der Waals surface area contributed by atoms with Gasteiger partial charge in [-0.25, -0.2) is 4.39 Å². The zero-order chi connectivity index (χ0) is 12.3. The SMILES string of the molecule is Oc1ccc(COc2ccc(F)cc2)c(Br)c1. The second-order valence-corrected chi connectivity index (χ2v) is 4.37. The molecule has 17 heavy (non-hydrogen) atoms. The van der Waals surface area contributed by atoms with Crippen molar-refractivity contribution in [2.75, 3.05) is 0 Å². The number of hydrogen-bond donors (Lipinski definition) is 1. The number of hydrogen-bond acceptors (Lipinski definition) is 2. The first-order valence-electron chi connectivity index (χ1n) is 5.01. The average molecular weight is 297 g/mol. The summed E-state index contributed by atoms with van der Waals surface area (Å²) in [6.45, 7) is 0.354. The van der Waals surface area contributed by atoms with Crippen LogP contribution in [0.5, 0.6) is 11.5 Å². The molecule has 0 bridgehead atoms. The van der Waals surface area contributed by atoms with Crippen LogP contribution >= 0.6 is 15.9 Å². The molecule has 0 saturated carbocycles. The topological polar surface area (TPSA) is 29.5 Å². The summed E-state index contributed by atoms with van der Waals surface area (Å²) in [7, 11) is 0. The van der Waals surface area contributed by atoms with Gasteiger partial charge in [0.05, 0.1) is 0 Å². The van der Waals surface area contributed by atoms with E-state index >= 15 is 0 Å². The molecule has 0 aliphatic heterocycles. The van der Waals surface area contributed by atoms with E-state index in [1.165, 1.54) is 12.1 Å². The molecule has 2 rings (SSSR count). The summed E-state index contributed by atoms with van der Waals surface area (Å²) in [4.78, 5) is 0. The van der Waals surface area contributed by atoms with Crippen molar-refractivity contribution in [2.45, 2.75) is 6.61 Å². The van der Waals surface area contributed by atoms with Crippen molar-refractivity contribution >= 4 is 15.9 Å². The third-order valence-electron chi connectivity index (χ3n) is 2.24. The molecule has 88 valence electrons. The van der Waals surface area contributed by atoms with Gasteiger partial charge in [0.15, 0.2) is 0 Å². The molecule has 4 heteroatoms. The van der Waals surface area contributed by atoms with Crippen LogP contribution in [0.25, 0.3) is 0 Å². The third-order valence-corrected chi connectivity index (χ3v) is 2.98. The van der Waals surface area contributed by atoms with Crippen LogP contribution in [-0.4, -0.2) is 5.11 Å². The summed E-state index contributed by atoms with van der Waals surface area (Å²) in [5.74, 6) is 0.511. The lowest BCUT2D eigenvalue weighted by molar-refractivity contribution is 0.305. The standard InChI is InChI=1S/C13H10BrFO2/c14-13-7-11(16)4-1-9(13)8-17-12-5-2-10(15)3-6-12/h1-7,16H,8H2. The minimum absolute atomic E-state index is 0.197. The third kappa shape index (κ3) is 3.20. The number of rotatable bonds is 3. The predicted octanol–water partition coefficient (Wildman–Crippen LogP) is 3.87.